The Balaban J connectivity index is 2.64. The third-order valence-corrected chi connectivity index (χ3v) is 2.89. The maximum absolute atomic E-state index is 6.08. The summed E-state index contributed by atoms with van der Waals surface area (Å²) in [5, 5.41) is 12.4. The Bertz CT molecular complexity index is 528. The Morgan fingerprint density at radius 3 is 2.35 bits per heavy atom. The third-order valence-electron chi connectivity index (χ3n) is 2.09. The van der Waals surface area contributed by atoms with Crippen LogP contribution in [0.25, 0.3) is 5.69 Å². The van der Waals surface area contributed by atoms with E-state index in [0.717, 1.165) is 0 Å². The van der Waals surface area contributed by atoms with Crippen molar-refractivity contribution in [1.82, 2.24) is 20.2 Å². The van der Waals surface area contributed by atoms with Crippen LogP contribution >= 0.6 is 34.8 Å². The predicted octanol–water partition coefficient (Wildman–Crippen LogP) is 2.64. The van der Waals surface area contributed by atoms with Crippen molar-refractivity contribution in [2.24, 2.45) is 5.73 Å². The van der Waals surface area contributed by atoms with E-state index in [4.69, 9.17) is 40.5 Å². The van der Waals surface area contributed by atoms with E-state index >= 15 is 0 Å². The van der Waals surface area contributed by atoms with E-state index < -0.39 is 0 Å². The van der Waals surface area contributed by atoms with Crippen LogP contribution in [0.15, 0.2) is 12.1 Å². The highest BCUT2D eigenvalue weighted by atomic mass is 35.5. The Morgan fingerprint density at radius 2 is 1.82 bits per heavy atom. The molecule has 0 saturated carbocycles. The van der Waals surface area contributed by atoms with Gasteiger partial charge in [-0.2, -0.15) is 4.68 Å². The maximum atomic E-state index is 6.08. The van der Waals surface area contributed by atoms with Gasteiger partial charge in [0.2, 0.25) is 0 Å². The molecule has 2 rings (SSSR count). The number of rotatable bonds is 2. The molecule has 0 saturated heterocycles. The minimum atomic E-state index is -0.340. The zero-order valence-corrected chi connectivity index (χ0v) is 11.0. The van der Waals surface area contributed by atoms with Gasteiger partial charge < -0.3 is 5.73 Å². The van der Waals surface area contributed by atoms with Gasteiger partial charge in [0.05, 0.1) is 16.1 Å². The zero-order valence-electron chi connectivity index (χ0n) is 8.73. The monoisotopic (exact) mass is 291 g/mol. The number of nitrogens with zero attached hydrogens (tertiary/aromatic N) is 4. The fraction of sp³-hybridized carbons (Fsp3) is 0.222. The molecule has 90 valence electrons. The first-order valence-corrected chi connectivity index (χ1v) is 5.83. The fourth-order valence-electron chi connectivity index (χ4n) is 1.37. The van der Waals surface area contributed by atoms with Gasteiger partial charge in [0.25, 0.3) is 0 Å². The van der Waals surface area contributed by atoms with Crippen LogP contribution in [0.5, 0.6) is 0 Å². The van der Waals surface area contributed by atoms with Crippen molar-refractivity contribution in [3.05, 3.63) is 33.0 Å². The molecule has 0 fully saturated rings. The van der Waals surface area contributed by atoms with Crippen molar-refractivity contribution in [2.45, 2.75) is 13.0 Å². The summed E-state index contributed by atoms with van der Waals surface area (Å²) in [5.74, 6) is 0.469. The summed E-state index contributed by atoms with van der Waals surface area (Å²) in [7, 11) is 0. The van der Waals surface area contributed by atoms with Crippen LogP contribution < -0.4 is 5.73 Å². The molecular weight excluding hydrogens is 284 g/mol. The van der Waals surface area contributed by atoms with Crippen molar-refractivity contribution in [3.63, 3.8) is 0 Å². The van der Waals surface area contributed by atoms with Gasteiger partial charge in [-0.15, -0.1) is 5.10 Å². The van der Waals surface area contributed by atoms with Crippen LogP contribution in [-0.2, 0) is 0 Å². The number of halogens is 3. The molecule has 1 unspecified atom stereocenters. The number of hydrogen-bond donors (Lipinski definition) is 1. The van der Waals surface area contributed by atoms with E-state index in [0.29, 0.717) is 26.6 Å². The van der Waals surface area contributed by atoms with E-state index in [-0.39, 0.29) is 6.04 Å². The molecular formula is C9H8Cl3N5. The van der Waals surface area contributed by atoms with E-state index in [1.807, 2.05) is 0 Å². The minimum Gasteiger partial charge on any atom is -0.321 e. The smallest absolute Gasteiger partial charge is 0.173 e. The van der Waals surface area contributed by atoms with E-state index in [2.05, 4.69) is 15.5 Å². The quantitative estimate of drug-likeness (QED) is 0.924. The molecule has 2 aromatic rings. The molecule has 1 aromatic carbocycles. The molecule has 5 nitrogen and oxygen atoms in total. The second-order valence-electron chi connectivity index (χ2n) is 3.46. The second kappa shape index (κ2) is 4.78. The zero-order chi connectivity index (χ0) is 12.6. The highest BCUT2D eigenvalue weighted by molar-refractivity contribution is 6.40. The van der Waals surface area contributed by atoms with Gasteiger partial charge in [-0.1, -0.05) is 34.8 Å². The molecule has 1 atom stereocenters. The Hall–Kier alpha value is -0.880. The van der Waals surface area contributed by atoms with Crippen LogP contribution in [0.1, 0.15) is 18.8 Å². The van der Waals surface area contributed by atoms with Gasteiger partial charge >= 0.3 is 0 Å². The highest BCUT2D eigenvalue weighted by Crippen LogP contribution is 2.32. The Morgan fingerprint density at radius 1 is 1.24 bits per heavy atom. The second-order valence-corrected chi connectivity index (χ2v) is 4.71. The standard InChI is InChI=1S/C9H8Cl3N5/c1-4(13)9-14-15-16-17(9)8-6(11)2-5(10)3-7(8)12/h2-4H,13H2,1H3. The molecule has 0 bridgehead atoms. The molecule has 0 spiro atoms. The topological polar surface area (TPSA) is 69.6 Å². The lowest BCUT2D eigenvalue weighted by Crippen LogP contribution is -2.13. The van der Waals surface area contributed by atoms with Crippen LogP contribution in [0.4, 0.5) is 0 Å². The first-order valence-electron chi connectivity index (χ1n) is 4.69. The maximum Gasteiger partial charge on any atom is 0.173 e. The molecule has 1 aromatic heterocycles. The third kappa shape index (κ3) is 2.37. The summed E-state index contributed by atoms with van der Waals surface area (Å²) >= 11 is 18.0. The first-order chi connectivity index (χ1) is 8.00. The van der Waals surface area contributed by atoms with Crippen LogP contribution in [0.3, 0.4) is 0 Å². The molecule has 0 radical (unpaired) electrons. The summed E-state index contributed by atoms with van der Waals surface area (Å²) in [6, 6.07) is 2.79. The van der Waals surface area contributed by atoms with Crippen molar-refractivity contribution in [3.8, 4) is 5.69 Å². The van der Waals surface area contributed by atoms with Crippen molar-refractivity contribution in [1.29, 1.82) is 0 Å². The summed E-state index contributed by atoms with van der Waals surface area (Å²) in [5.41, 5.74) is 6.22. The fourth-order valence-corrected chi connectivity index (χ4v) is 2.35. The summed E-state index contributed by atoms with van der Waals surface area (Å²) in [6.45, 7) is 1.76. The molecule has 8 heteroatoms. The lowest BCUT2D eigenvalue weighted by atomic mass is 10.3. The molecule has 0 aliphatic carbocycles. The van der Waals surface area contributed by atoms with E-state index in [9.17, 15) is 0 Å². The van der Waals surface area contributed by atoms with Crippen LogP contribution in [-0.4, -0.2) is 20.2 Å². The molecule has 0 amide bonds. The van der Waals surface area contributed by atoms with Gasteiger partial charge in [0.1, 0.15) is 5.69 Å². The summed E-state index contributed by atoms with van der Waals surface area (Å²) in [4.78, 5) is 0. The molecule has 0 aliphatic heterocycles. The molecule has 2 N–H and O–H groups in total. The van der Waals surface area contributed by atoms with Crippen molar-refractivity contribution in [2.75, 3.05) is 0 Å². The highest BCUT2D eigenvalue weighted by Gasteiger charge is 2.17. The lowest BCUT2D eigenvalue weighted by molar-refractivity contribution is 0.688. The SMILES string of the molecule is CC(N)c1nnnn1-c1c(Cl)cc(Cl)cc1Cl. The Labute approximate surface area is 112 Å². The normalized spacial score (nSPS) is 12.8. The van der Waals surface area contributed by atoms with E-state index in [1.54, 1.807) is 19.1 Å². The van der Waals surface area contributed by atoms with E-state index in [1.165, 1.54) is 4.68 Å². The average molecular weight is 293 g/mol. The van der Waals surface area contributed by atoms with Gasteiger partial charge in [-0.3, -0.25) is 0 Å². The first kappa shape index (κ1) is 12.6. The van der Waals surface area contributed by atoms with Crippen LogP contribution in [0, 0.1) is 0 Å². The predicted molar refractivity (Wildman–Crippen MR) is 66.8 cm³/mol. The number of tetrazole rings is 1. The average Bonchev–Trinajstić information content (AvgIpc) is 2.64. The van der Waals surface area contributed by atoms with Gasteiger partial charge in [0.15, 0.2) is 5.82 Å². The van der Waals surface area contributed by atoms with Gasteiger partial charge in [-0.25, -0.2) is 0 Å². The van der Waals surface area contributed by atoms with Crippen LogP contribution in [0.2, 0.25) is 15.1 Å². The molecule has 17 heavy (non-hydrogen) atoms. The summed E-state index contributed by atoms with van der Waals surface area (Å²) in [6.07, 6.45) is 0. The van der Waals surface area contributed by atoms with Crippen molar-refractivity contribution >= 4 is 34.8 Å². The van der Waals surface area contributed by atoms with Crippen molar-refractivity contribution < 1.29 is 0 Å². The number of benzene rings is 1. The van der Waals surface area contributed by atoms with Gasteiger partial charge in [0, 0.05) is 5.02 Å². The minimum absolute atomic E-state index is 0.340. The van der Waals surface area contributed by atoms with Gasteiger partial charge in [-0.05, 0) is 29.5 Å². The summed E-state index contributed by atoms with van der Waals surface area (Å²) < 4.78 is 1.41. The number of nitrogens with two attached hydrogens (primary N) is 1. The number of hydrogen-bond acceptors (Lipinski definition) is 4. The number of aromatic nitrogens is 4. The lowest BCUT2D eigenvalue weighted by Gasteiger charge is -2.10. The molecule has 1 heterocycles. The Kier molecular flexibility index (Phi) is 3.53. The molecule has 0 aliphatic rings. The largest absolute Gasteiger partial charge is 0.321 e.